The summed E-state index contributed by atoms with van der Waals surface area (Å²) in [6, 6.07) is 12.2. The second-order valence-electron chi connectivity index (χ2n) is 5.54. The van der Waals surface area contributed by atoms with Crippen molar-refractivity contribution in [3.8, 4) is 11.5 Å². The molecule has 0 heterocycles. The molecule has 7 heteroatoms. The van der Waals surface area contributed by atoms with E-state index in [2.05, 4.69) is 5.32 Å². The number of benzene rings is 2. The molecule has 6 nitrogen and oxygen atoms in total. The molecule has 0 fully saturated rings. The van der Waals surface area contributed by atoms with Crippen LogP contribution in [-0.4, -0.2) is 38.0 Å². The van der Waals surface area contributed by atoms with Gasteiger partial charge in [-0.15, -0.1) is 11.8 Å². The van der Waals surface area contributed by atoms with E-state index in [4.69, 9.17) is 14.2 Å². The first kappa shape index (κ1) is 20.6. The maximum absolute atomic E-state index is 12.4. The topological polar surface area (TPSA) is 73.9 Å². The van der Waals surface area contributed by atoms with Crippen LogP contribution in [0.2, 0.25) is 0 Å². The molecular formula is C20H23NO5S. The van der Waals surface area contributed by atoms with Crippen LogP contribution in [0.5, 0.6) is 11.5 Å². The molecule has 0 spiro atoms. The summed E-state index contributed by atoms with van der Waals surface area (Å²) in [5.41, 5.74) is 0.970. The fourth-order valence-electron chi connectivity index (χ4n) is 2.35. The molecule has 0 aliphatic heterocycles. The minimum atomic E-state index is -0.953. The Morgan fingerprint density at radius 3 is 2.44 bits per heavy atom. The van der Waals surface area contributed by atoms with Crippen molar-refractivity contribution in [3.05, 3.63) is 48.0 Å². The lowest BCUT2D eigenvalue weighted by atomic mass is 10.2. The van der Waals surface area contributed by atoms with Crippen molar-refractivity contribution in [2.24, 2.45) is 0 Å². The molecule has 2 aromatic carbocycles. The Bertz CT molecular complexity index is 809. The number of anilines is 1. The lowest BCUT2D eigenvalue weighted by molar-refractivity contribution is -0.123. The Morgan fingerprint density at radius 2 is 1.78 bits per heavy atom. The summed E-state index contributed by atoms with van der Waals surface area (Å²) < 4.78 is 15.7. The average Bonchev–Trinajstić information content (AvgIpc) is 2.68. The van der Waals surface area contributed by atoms with Crippen molar-refractivity contribution in [1.82, 2.24) is 0 Å². The maximum atomic E-state index is 12.4. The van der Waals surface area contributed by atoms with Gasteiger partial charge in [-0.25, -0.2) is 4.79 Å². The van der Waals surface area contributed by atoms with E-state index < -0.39 is 18.0 Å². The fourth-order valence-corrected chi connectivity index (χ4v) is 3.14. The summed E-state index contributed by atoms with van der Waals surface area (Å²) in [7, 11) is 3.05. The van der Waals surface area contributed by atoms with E-state index in [9.17, 15) is 9.59 Å². The average molecular weight is 389 g/mol. The van der Waals surface area contributed by atoms with Crippen LogP contribution >= 0.6 is 11.8 Å². The van der Waals surface area contributed by atoms with Gasteiger partial charge in [0, 0.05) is 16.6 Å². The summed E-state index contributed by atoms with van der Waals surface area (Å²) in [5, 5.41) is 2.71. The van der Waals surface area contributed by atoms with Gasteiger partial charge >= 0.3 is 5.97 Å². The number of ether oxygens (including phenoxy) is 3. The van der Waals surface area contributed by atoms with Crippen LogP contribution in [0.25, 0.3) is 0 Å². The number of carbonyl (C=O) groups excluding carboxylic acids is 2. The van der Waals surface area contributed by atoms with Crippen LogP contribution in [-0.2, 0) is 9.53 Å². The molecule has 2 aromatic rings. The Kier molecular flexibility index (Phi) is 7.55. The highest BCUT2D eigenvalue weighted by Crippen LogP contribution is 2.30. The zero-order valence-corrected chi connectivity index (χ0v) is 16.6. The standard InChI is InChI=1S/C20H23NO5S/c1-5-27-18-9-7-6-8-15(18)20(23)26-13(2)19(22)21-14-10-11-16(24-3)17(12-14)25-4/h6-13H,5H2,1-4H3,(H,21,22)/t13-/m1/s1. The molecule has 0 saturated carbocycles. The predicted molar refractivity (Wildman–Crippen MR) is 106 cm³/mol. The second kappa shape index (κ2) is 9.87. The van der Waals surface area contributed by atoms with Crippen LogP contribution in [0.4, 0.5) is 5.69 Å². The van der Waals surface area contributed by atoms with E-state index in [0.29, 0.717) is 22.7 Å². The van der Waals surface area contributed by atoms with Gasteiger partial charge < -0.3 is 19.5 Å². The summed E-state index contributed by atoms with van der Waals surface area (Å²) in [6.45, 7) is 3.54. The molecule has 0 radical (unpaired) electrons. The van der Waals surface area contributed by atoms with Crippen LogP contribution in [0.3, 0.4) is 0 Å². The van der Waals surface area contributed by atoms with E-state index in [0.717, 1.165) is 10.6 Å². The van der Waals surface area contributed by atoms with E-state index in [1.165, 1.54) is 21.1 Å². The van der Waals surface area contributed by atoms with Crippen LogP contribution < -0.4 is 14.8 Å². The molecule has 0 saturated heterocycles. The van der Waals surface area contributed by atoms with E-state index in [1.807, 2.05) is 19.1 Å². The number of esters is 1. The van der Waals surface area contributed by atoms with E-state index >= 15 is 0 Å². The Hall–Kier alpha value is -2.67. The van der Waals surface area contributed by atoms with Gasteiger partial charge in [-0.3, -0.25) is 4.79 Å². The highest BCUT2D eigenvalue weighted by atomic mass is 32.2. The summed E-state index contributed by atoms with van der Waals surface area (Å²) in [5.74, 6) is 0.919. The van der Waals surface area contributed by atoms with Crippen molar-refractivity contribution in [2.75, 3.05) is 25.3 Å². The largest absolute Gasteiger partial charge is 0.493 e. The number of amides is 1. The quantitative estimate of drug-likeness (QED) is 0.543. The molecule has 0 aliphatic carbocycles. The first-order valence-corrected chi connectivity index (χ1v) is 9.44. The van der Waals surface area contributed by atoms with E-state index in [-0.39, 0.29) is 0 Å². The van der Waals surface area contributed by atoms with Crippen molar-refractivity contribution < 1.29 is 23.8 Å². The number of methoxy groups -OCH3 is 2. The Balaban J connectivity index is 2.04. The molecule has 144 valence electrons. The summed E-state index contributed by atoms with van der Waals surface area (Å²) in [6.07, 6.45) is -0.953. The lowest BCUT2D eigenvalue weighted by Gasteiger charge is -2.15. The maximum Gasteiger partial charge on any atom is 0.340 e. The highest BCUT2D eigenvalue weighted by Gasteiger charge is 2.21. The molecule has 0 bridgehead atoms. The van der Waals surface area contributed by atoms with Gasteiger partial charge in [0.25, 0.3) is 5.91 Å². The fraction of sp³-hybridized carbons (Fsp3) is 0.300. The van der Waals surface area contributed by atoms with Crippen LogP contribution in [0, 0.1) is 0 Å². The smallest absolute Gasteiger partial charge is 0.340 e. The second-order valence-corrected chi connectivity index (χ2v) is 6.84. The van der Waals surface area contributed by atoms with Gasteiger partial charge in [0.1, 0.15) is 0 Å². The SMILES string of the molecule is CCSc1ccccc1C(=O)O[C@H](C)C(=O)Nc1ccc(OC)c(OC)c1. The number of rotatable bonds is 8. The number of nitrogens with one attached hydrogen (secondary N) is 1. The zero-order chi connectivity index (χ0) is 19.8. The first-order chi connectivity index (χ1) is 13.0. The predicted octanol–water partition coefficient (Wildman–Crippen LogP) is 4.00. The van der Waals surface area contributed by atoms with Gasteiger partial charge in [0.2, 0.25) is 0 Å². The molecule has 0 aromatic heterocycles. The normalized spacial score (nSPS) is 11.4. The van der Waals surface area contributed by atoms with Crippen molar-refractivity contribution in [1.29, 1.82) is 0 Å². The van der Waals surface area contributed by atoms with E-state index in [1.54, 1.807) is 42.1 Å². The number of hydrogen-bond acceptors (Lipinski definition) is 6. The third kappa shape index (κ3) is 5.40. The zero-order valence-electron chi connectivity index (χ0n) is 15.8. The monoisotopic (exact) mass is 389 g/mol. The summed E-state index contributed by atoms with van der Waals surface area (Å²) >= 11 is 1.55. The molecule has 27 heavy (non-hydrogen) atoms. The van der Waals surface area contributed by atoms with Gasteiger partial charge in [0.15, 0.2) is 17.6 Å². The lowest BCUT2D eigenvalue weighted by Crippen LogP contribution is -2.30. The minimum absolute atomic E-state index is 0.434. The molecule has 2 rings (SSSR count). The van der Waals surface area contributed by atoms with Crippen LogP contribution in [0.1, 0.15) is 24.2 Å². The van der Waals surface area contributed by atoms with Crippen molar-refractivity contribution in [3.63, 3.8) is 0 Å². The highest BCUT2D eigenvalue weighted by molar-refractivity contribution is 7.99. The van der Waals surface area contributed by atoms with Gasteiger partial charge in [-0.2, -0.15) is 0 Å². The number of carbonyl (C=O) groups is 2. The molecule has 1 N–H and O–H groups in total. The number of thioether (sulfide) groups is 1. The molecule has 0 aliphatic rings. The summed E-state index contributed by atoms with van der Waals surface area (Å²) in [4.78, 5) is 25.6. The molecule has 0 unspecified atom stereocenters. The number of hydrogen-bond donors (Lipinski definition) is 1. The van der Waals surface area contributed by atoms with Crippen LogP contribution in [0.15, 0.2) is 47.4 Å². The third-order valence-corrected chi connectivity index (χ3v) is 4.67. The van der Waals surface area contributed by atoms with Gasteiger partial charge in [-0.1, -0.05) is 19.1 Å². The minimum Gasteiger partial charge on any atom is -0.493 e. The van der Waals surface area contributed by atoms with Gasteiger partial charge in [-0.05, 0) is 36.9 Å². The molecule has 1 atom stereocenters. The molecule has 1 amide bonds. The molecular weight excluding hydrogens is 366 g/mol. The van der Waals surface area contributed by atoms with Gasteiger partial charge in [0.05, 0.1) is 19.8 Å². The third-order valence-electron chi connectivity index (χ3n) is 3.71. The van der Waals surface area contributed by atoms with Crippen molar-refractivity contribution >= 4 is 29.3 Å². The van der Waals surface area contributed by atoms with Crippen molar-refractivity contribution in [2.45, 2.75) is 24.8 Å². The Labute approximate surface area is 163 Å². The first-order valence-electron chi connectivity index (χ1n) is 8.45. The Morgan fingerprint density at radius 1 is 1.07 bits per heavy atom.